The lowest BCUT2D eigenvalue weighted by Crippen LogP contribution is -2.47. The van der Waals surface area contributed by atoms with E-state index in [1.54, 1.807) is 0 Å². The van der Waals surface area contributed by atoms with Crippen LogP contribution < -0.4 is 5.32 Å². The molecule has 0 fully saturated rings. The zero-order valence-corrected chi connectivity index (χ0v) is 7.40. The molecule has 0 rings (SSSR count). The third kappa shape index (κ3) is 3.85. The van der Waals surface area contributed by atoms with Crippen molar-refractivity contribution in [3.05, 3.63) is 0 Å². The number of carboxylic acid groups (broad SMARTS) is 1. The van der Waals surface area contributed by atoms with Crippen molar-refractivity contribution < 1.29 is 18.7 Å². The van der Waals surface area contributed by atoms with E-state index in [4.69, 9.17) is 11.5 Å². The Bertz CT molecular complexity index is 243. The van der Waals surface area contributed by atoms with Crippen molar-refractivity contribution in [3.63, 3.8) is 0 Å². The molecule has 0 aromatic carbocycles. The first-order valence-electron chi connectivity index (χ1n) is 3.55. The minimum absolute atomic E-state index is 0.932. The molecule has 0 atom stereocenters. The highest BCUT2D eigenvalue weighted by Gasteiger charge is 2.39. The highest BCUT2D eigenvalue weighted by atomic mass is 19.3. The largest absolute Gasteiger partial charge is 0.477 e. The lowest BCUT2D eigenvalue weighted by Gasteiger charge is -2.22. The van der Waals surface area contributed by atoms with E-state index in [0.717, 1.165) is 0 Å². The van der Waals surface area contributed by atoms with Gasteiger partial charge < -0.3 is 5.11 Å². The molecular formula is C8H11F2NO2. The second kappa shape index (κ2) is 3.71. The molecule has 0 saturated heterocycles. The number of nitrogens with one attached hydrogen (secondary N) is 1. The van der Waals surface area contributed by atoms with Crippen LogP contribution in [0.15, 0.2) is 0 Å². The maximum absolute atomic E-state index is 12.5. The first kappa shape index (κ1) is 11.8. The number of carbonyl (C=O) groups is 1. The molecule has 0 aromatic heterocycles. The normalized spacial score (nSPS) is 12.2. The van der Waals surface area contributed by atoms with Gasteiger partial charge in [-0.25, -0.2) is 4.79 Å². The van der Waals surface area contributed by atoms with E-state index in [2.05, 4.69) is 11.2 Å². The van der Waals surface area contributed by atoms with Crippen molar-refractivity contribution in [3.8, 4) is 12.3 Å². The standard InChI is InChI=1S/C8H11F2NO2/c1-4-7(2,3)11-5-8(9,10)6(12)13/h1,11H,5H2,2-3H3,(H,12,13). The number of halogens is 2. The van der Waals surface area contributed by atoms with E-state index in [1.165, 1.54) is 13.8 Å². The summed E-state index contributed by atoms with van der Waals surface area (Å²) in [6, 6.07) is 0. The highest BCUT2D eigenvalue weighted by Crippen LogP contribution is 2.13. The Labute approximate surface area is 75.1 Å². The second-order valence-electron chi connectivity index (χ2n) is 3.13. The molecule has 0 spiro atoms. The summed E-state index contributed by atoms with van der Waals surface area (Å²) in [5.41, 5.74) is -0.932. The van der Waals surface area contributed by atoms with Crippen LogP contribution in [0.3, 0.4) is 0 Å². The van der Waals surface area contributed by atoms with Gasteiger partial charge in [0.15, 0.2) is 0 Å². The molecule has 3 nitrogen and oxygen atoms in total. The van der Waals surface area contributed by atoms with E-state index in [0.29, 0.717) is 0 Å². The summed E-state index contributed by atoms with van der Waals surface area (Å²) >= 11 is 0. The third-order valence-electron chi connectivity index (χ3n) is 1.43. The minimum atomic E-state index is -3.78. The van der Waals surface area contributed by atoms with Crippen LogP contribution in [-0.4, -0.2) is 29.1 Å². The number of hydrogen-bond acceptors (Lipinski definition) is 2. The van der Waals surface area contributed by atoms with Crippen molar-refractivity contribution >= 4 is 5.97 Å². The van der Waals surface area contributed by atoms with Gasteiger partial charge in [0.1, 0.15) is 0 Å². The van der Waals surface area contributed by atoms with Crippen LogP contribution in [0.25, 0.3) is 0 Å². The Morgan fingerprint density at radius 2 is 2.08 bits per heavy atom. The third-order valence-corrected chi connectivity index (χ3v) is 1.43. The Kier molecular flexibility index (Phi) is 3.38. The number of terminal acetylenes is 1. The molecular weight excluding hydrogens is 180 g/mol. The maximum atomic E-state index is 12.5. The summed E-state index contributed by atoms with van der Waals surface area (Å²) in [5.74, 6) is -3.73. The molecule has 0 heterocycles. The van der Waals surface area contributed by atoms with E-state index in [-0.39, 0.29) is 0 Å². The van der Waals surface area contributed by atoms with Crippen LogP contribution in [0, 0.1) is 12.3 Å². The van der Waals surface area contributed by atoms with Gasteiger partial charge in [0.25, 0.3) is 0 Å². The summed E-state index contributed by atoms with van der Waals surface area (Å²) in [5, 5.41) is 10.3. The summed E-state index contributed by atoms with van der Waals surface area (Å²) in [6.45, 7) is 2.04. The molecule has 0 aromatic rings. The van der Waals surface area contributed by atoms with Gasteiger partial charge in [-0.1, -0.05) is 5.92 Å². The molecule has 5 heteroatoms. The van der Waals surface area contributed by atoms with E-state index in [9.17, 15) is 13.6 Å². The fraction of sp³-hybridized carbons (Fsp3) is 0.625. The van der Waals surface area contributed by atoms with Gasteiger partial charge in [-0.05, 0) is 13.8 Å². The van der Waals surface area contributed by atoms with Crippen LogP contribution in [0.2, 0.25) is 0 Å². The number of alkyl halides is 2. The number of aliphatic carboxylic acids is 1. The molecule has 0 radical (unpaired) electrons. The molecule has 2 N–H and O–H groups in total. The Hall–Kier alpha value is -1.15. The summed E-state index contributed by atoms with van der Waals surface area (Å²) in [4.78, 5) is 9.98. The van der Waals surface area contributed by atoms with Crippen LogP contribution in [0.5, 0.6) is 0 Å². The molecule has 0 aliphatic heterocycles. The molecule has 0 aliphatic carbocycles. The average molecular weight is 191 g/mol. The fourth-order valence-corrected chi connectivity index (χ4v) is 0.459. The molecule has 0 bridgehead atoms. The van der Waals surface area contributed by atoms with Crippen molar-refractivity contribution in [1.29, 1.82) is 0 Å². The second-order valence-corrected chi connectivity index (χ2v) is 3.13. The van der Waals surface area contributed by atoms with Crippen LogP contribution >= 0.6 is 0 Å². The van der Waals surface area contributed by atoms with Gasteiger partial charge >= 0.3 is 11.9 Å². The number of rotatable bonds is 4. The summed E-state index contributed by atoms with van der Waals surface area (Å²) in [7, 11) is 0. The predicted molar refractivity (Wildman–Crippen MR) is 43.5 cm³/mol. The number of carboxylic acids is 1. The fourth-order valence-electron chi connectivity index (χ4n) is 0.459. The molecule has 0 saturated carbocycles. The monoisotopic (exact) mass is 191 g/mol. The van der Waals surface area contributed by atoms with E-state index < -0.39 is 24.0 Å². The van der Waals surface area contributed by atoms with Gasteiger partial charge in [0.05, 0.1) is 12.1 Å². The molecule has 13 heavy (non-hydrogen) atoms. The van der Waals surface area contributed by atoms with Gasteiger partial charge in [-0.15, -0.1) is 6.42 Å². The van der Waals surface area contributed by atoms with Crippen LogP contribution in [0.4, 0.5) is 8.78 Å². The van der Waals surface area contributed by atoms with Gasteiger partial charge in [-0.2, -0.15) is 8.78 Å². The average Bonchev–Trinajstić information content (AvgIpc) is 2.01. The van der Waals surface area contributed by atoms with E-state index in [1.807, 2.05) is 0 Å². The quantitative estimate of drug-likeness (QED) is 0.643. The summed E-state index contributed by atoms with van der Waals surface area (Å²) < 4.78 is 25.0. The van der Waals surface area contributed by atoms with Crippen molar-refractivity contribution in [2.45, 2.75) is 25.3 Å². The number of hydrogen-bond donors (Lipinski definition) is 2. The Morgan fingerprint density at radius 3 is 2.38 bits per heavy atom. The van der Waals surface area contributed by atoms with E-state index >= 15 is 0 Å². The van der Waals surface area contributed by atoms with Gasteiger partial charge in [0.2, 0.25) is 0 Å². The molecule has 0 amide bonds. The smallest absolute Gasteiger partial charge is 0.375 e. The lowest BCUT2D eigenvalue weighted by atomic mass is 10.1. The minimum Gasteiger partial charge on any atom is -0.477 e. The topological polar surface area (TPSA) is 49.3 Å². The van der Waals surface area contributed by atoms with Gasteiger partial charge in [0, 0.05) is 0 Å². The van der Waals surface area contributed by atoms with Crippen molar-refractivity contribution in [2.75, 3.05) is 6.54 Å². The highest BCUT2D eigenvalue weighted by molar-refractivity contribution is 5.75. The van der Waals surface area contributed by atoms with Crippen molar-refractivity contribution in [2.24, 2.45) is 0 Å². The Morgan fingerprint density at radius 1 is 1.62 bits per heavy atom. The zero-order chi connectivity index (χ0) is 10.7. The molecule has 0 unspecified atom stereocenters. The first-order chi connectivity index (χ1) is 5.71. The first-order valence-corrected chi connectivity index (χ1v) is 3.55. The van der Waals surface area contributed by atoms with Gasteiger partial charge in [-0.3, -0.25) is 5.32 Å². The maximum Gasteiger partial charge on any atom is 0.375 e. The lowest BCUT2D eigenvalue weighted by molar-refractivity contribution is -0.164. The molecule has 74 valence electrons. The molecule has 0 aliphatic rings. The summed E-state index contributed by atoms with van der Waals surface area (Å²) in [6.07, 6.45) is 5.01. The van der Waals surface area contributed by atoms with Crippen LogP contribution in [0.1, 0.15) is 13.8 Å². The van der Waals surface area contributed by atoms with Crippen LogP contribution in [-0.2, 0) is 4.79 Å². The van der Waals surface area contributed by atoms with Crippen molar-refractivity contribution in [1.82, 2.24) is 5.32 Å². The zero-order valence-electron chi connectivity index (χ0n) is 7.40. The SMILES string of the molecule is C#CC(C)(C)NCC(F)(F)C(=O)O. The Balaban J connectivity index is 4.19. The predicted octanol–water partition coefficient (Wildman–Crippen LogP) is 0.708.